The molecule has 0 unspecified atom stereocenters. The van der Waals surface area contributed by atoms with E-state index in [0.717, 1.165) is 12.8 Å². The molecule has 1 heterocycles. The molecule has 0 atom stereocenters. The van der Waals surface area contributed by atoms with Gasteiger partial charge in [0.25, 0.3) is 0 Å². The second kappa shape index (κ2) is 8.12. The highest BCUT2D eigenvalue weighted by Crippen LogP contribution is 2.09. The summed E-state index contributed by atoms with van der Waals surface area (Å²) < 4.78 is 4.94. The first-order valence-corrected chi connectivity index (χ1v) is 6.34. The molecule has 1 aromatic heterocycles. The van der Waals surface area contributed by atoms with E-state index in [1.165, 1.54) is 0 Å². The van der Waals surface area contributed by atoms with Crippen LogP contribution in [-0.2, 0) is 11.2 Å². The number of amides is 1. The maximum Gasteiger partial charge on any atom is 0.227 e. The minimum absolute atomic E-state index is 0. The van der Waals surface area contributed by atoms with Crippen LogP contribution in [-0.4, -0.2) is 28.1 Å². The van der Waals surface area contributed by atoms with Crippen LogP contribution >= 0.6 is 12.4 Å². The van der Waals surface area contributed by atoms with Gasteiger partial charge in [-0.25, -0.2) is 0 Å². The highest BCUT2D eigenvalue weighted by molar-refractivity contribution is 5.85. The van der Waals surface area contributed by atoms with Crippen LogP contribution in [0.25, 0.3) is 0 Å². The van der Waals surface area contributed by atoms with Gasteiger partial charge in [-0.15, -0.1) is 12.4 Å². The van der Waals surface area contributed by atoms with Crippen molar-refractivity contribution in [3.05, 3.63) is 11.7 Å². The van der Waals surface area contributed by atoms with E-state index in [9.17, 15) is 4.79 Å². The third-order valence-corrected chi connectivity index (χ3v) is 3.18. The second-order valence-electron chi connectivity index (χ2n) is 4.58. The van der Waals surface area contributed by atoms with Crippen molar-refractivity contribution in [2.75, 3.05) is 6.54 Å². The van der Waals surface area contributed by atoms with Gasteiger partial charge in [-0.1, -0.05) is 19.0 Å². The molecule has 0 spiro atoms. The number of halogens is 1. The number of nitrogens with two attached hydrogens (primary N) is 1. The lowest BCUT2D eigenvalue weighted by atomic mass is 9.94. The summed E-state index contributed by atoms with van der Waals surface area (Å²) in [5.41, 5.74) is 5.79. The molecule has 1 aromatic rings. The van der Waals surface area contributed by atoms with Gasteiger partial charge in [0.1, 0.15) is 0 Å². The van der Waals surface area contributed by atoms with Crippen molar-refractivity contribution < 1.29 is 9.32 Å². The molecule has 6 nitrogen and oxygen atoms in total. The van der Waals surface area contributed by atoms with Crippen molar-refractivity contribution in [3.63, 3.8) is 0 Å². The lowest BCUT2D eigenvalue weighted by Gasteiger charge is -2.26. The maximum atomic E-state index is 11.6. The van der Waals surface area contributed by atoms with E-state index in [0.29, 0.717) is 31.1 Å². The first-order valence-electron chi connectivity index (χ1n) is 6.34. The number of aromatic nitrogens is 2. The van der Waals surface area contributed by atoms with E-state index in [1.807, 2.05) is 13.8 Å². The molecule has 0 aliphatic rings. The molecule has 3 N–H and O–H groups in total. The molecule has 0 radical (unpaired) electrons. The van der Waals surface area contributed by atoms with E-state index in [1.54, 1.807) is 6.92 Å². The molecular formula is C12H23ClN4O2. The fraction of sp³-hybridized carbons (Fsp3) is 0.750. The minimum Gasteiger partial charge on any atom is -0.354 e. The summed E-state index contributed by atoms with van der Waals surface area (Å²) in [6, 6.07) is 0. The molecule has 19 heavy (non-hydrogen) atoms. The van der Waals surface area contributed by atoms with Gasteiger partial charge in [0.15, 0.2) is 5.82 Å². The number of aryl methyl sites for hydroxylation is 2. The average Bonchev–Trinajstić information content (AvgIpc) is 2.79. The summed E-state index contributed by atoms with van der Waals surface area (Å²) >= 11 is 0. The largest absolute Gasteiger partial charge is 0.354 e. The minimum atomic E-state index is -0.309. The van der Waals surface area contributed by atoms with Gasteiger partial charge in [-0.3, -0.25) is 4.79 Å². The Balaban J connectivity index is 0.00000324. The number of carbonyl (C=O) groups is 1. The first-order chi connectivity index (χ1) is 8.49. The number of hydrogen-bond acceptors (Lipinski definition) is 5. The van der Waals surface area contributed by atoms with Crippen molar-refractivity contribution >= 4 is 18.3 Å². The Morgan fingerprint density at radius 2 is 2.05 bits per heavy atom. The molecular weight excluding hydrogens is 268 g/mol. The molecule has 110 valence electrons. The average molecular weight is 291 g/mol. The number of rotatable bonds is 7. The second-order valence-corrected chi connectivity index (χ2v) is 4.58. The maximum absolute atomic E-state index is 11.6. The normalized spacial score (nSPS) is 10.9. The Kier molecular flexibility index (Phi) is 7.63. The Bertz CT molecular complexity index is 391. The van der Waals surface area contributed by atoms with E-state index in [4.69, 9.17) is 10.3 Å². The fourth-order valence-electron chi connectivity index (χ4n) is 1.53. The predicted molar refractivity (Wildman–Crippen MR) is 75.1 cm³/mol. The van der Waals surface area contributed by atoms with Gasteiger partial charge in [0.05, 0.1) is 0 Å². The topological polar surface area (TPSA) is 94.0 Å². The highest BCUT2D eigenvalue weighted by Gasteiger charge is 2.20. The van der Waals surface area contributed by atoms with Gasteiger partial charge in [0, 0.05) is 24.9 Å². The van der Waals surface area contributed by atoms with Gasteiger partial charge in [0.2, 0.25) is 11.8 Å². The summed E-state index contributed by atoms with van der Waals surface area (Å²) in [4.78, 5) is 15.7. The van der Waals surface area contributed by atoms with E-state index in [2.05, 4.69) is 15.5 Å². The lowest BCUT2D eigenvalue weighted by Crippen LogP contribution is -2.49. The zero-order valence-electron chi connectivity index (χ0n) is 11.7. The smallest absolute Gasteiger partial charge is 0.227 e. The molecule has 0 fully saturated rings. The molecule has 1 amide bonds. The zero-order chi connectivity index (χ0) is 13.6. The Hall–Kier alpha value is -1.14. The summed E-state index contributed by atoms with van der Waals surface area (Å²) in [5.74, 6) is 1.04. The van der Waals surface area contributed by atoms with E-state index >= 15 is 0 Å². The van der Waals surface area contributed by atoms with Crippen LogP contribution in [0.4, 0.5) is 0 Å². The van der Waals surface area contributed by atoms with E-state index < -0.39 is 0 Å². The number of hydrogen-bond donors (Lipinski definition) is 2. The molecule has 0 bridgehead atoms. The van der Waals surface area contributed by atoms with Crippen LogP contribution in [0, 0.1) is 6.92 Å². The zero-order valence-corrected chi connectivity index (χ0v) is 12.5. The molecule has 0 aliphatic heterocycles. The van der Waals surface area contributed by atoms with Gasteiger partial charge in [-0.2, -0.15) is 4.98 Å². The Labute approximate surface area is 119 Å². The van der Waals surface area contributed by atoms with Crippen LogP contribution in [0.15, 0.2) is 4.52 Å². The molecule has 1 rings (SSSR count). The standard InChI is InChI=1S/C12H22N4O2.ClH/c1-4-12(13,5-2)8-14-10(17)6-7-11-15-9(3)16-18-11;/h4-8,13H2,1-3H3,(H,14,17);1H. The summed E-state index contributed by atoms with van der Waals surface area (Å²) in [5, 5.41) is 6.52. The molecule has 0 aliphatic carbocycles. The summed E-state index contributed by atoms with van der Waals surface area (Å²) in [7, 11) is 0. The first kappa shape index (κ1) is 17.9. The SMILES string of the molecule is CCC(N)(CC)CNC(=O)CCc1nc(C)no1.Cl. The quantitative estimate of drug-likeness (QED) is 0.791. The van der Waals surface area contributed by atoms with Crippen molar-refractivity contribution in [2.24, 2.45) is 5.73 Å². The van der Waals surface area contributed by atoms with Crippen molar-refractivity contribution in [1.82, 2.24) is 15.5 Å². The monoisotopic (exact) mass is 290 g/mol. The van der Waals surface area contributed by atoms with Gasteiger partial charge in [-0.05, 0) is 19.8 Å². The Morgan fingerprint density at radius 1 is 1.42 bits per heavy atom. The van der Waals surface area contributed by atoms with E-state index in [-0.39, 0.29) is 23.9 Å². The summed E-state index contributed by atoms with van der Waals surface area (Å²) in [6.45, 7) is 6.30. The third-order valence-electron chi connectivity index (χ3n) is 3.18. The van der Waals surface area contributed by atoms with Gasteiger partial charge >= 0.3 is 0 Å². The number of nitrogens with zero attached hydrogens (tertiary/aromatic N) is 2. The van der Waals surface area contributed by atoms with Crippen LogP contribution in [0.3, 0.4) is 0 Å². The number of nitrogens with one attached hydrogen (secondary N) is 1. The lowest BCUT2D eigenvalue weighted by molar-refractivity contribution is -0.121. The van der Waals surface area contributed by atoms with Crippen LogP contribution < -0.4 is 11.1 Å². The predicted octanol–water partition coefficient (Wildman–Crippen LogP) is 1.37. The highest BCUT2D eigenvalue weighted by atomic mass is 35.5. The molecule has 0 aromatic carbocycles. The van der Waals surface area contributed by atoms with Crippen LogP contribution in [0.1, 0.15) is 44.8 Å². The van der Waals surface area contributed by atoms with Crippen molar-refractivity contribution in [2.45, 2.75) is 52.0 Å². The van der Waals surface area contributed by atoms with Crippen LogP contribution in [0.5, 0.6) is 0 Å². The van der Waals surface area contributed by atoms with Gasteiger partial charge < -0.3 is 15.6 Å². The fourth-order valence-corrected chi connectivity index (χ4v) is 1.53. The number of carbonyl (C=O) groups excluding carboxylic acids is 1. The third kappa shape index (κ3) is 6.02. The molecule has 0 saturated carbocycles. The molecule has 0 saturated heterocycles. The Morgan fingerprint density at radius 3 is 2.53 bits per heavy atom. The molecule has 7 heteroatoms. The van der Waals surface area contributed by atoms with Crippen molar-refractivity contribution in [1.29, 1.82) is 0 Å². The van der Waals surface area contributed by atoms with Crippen molar-refractivity contribution in [3.8, 4) is 0 Å². The van der Waals surface area contributed by atoms with Crippen LogP contribution in [0.2, 0.25) is 0 Å². The summed E-state index contributed by atoms with van der Waals surface area (Å²) in [6.07, 6.45) is 2.48.